The number of rotatable bonds is 18. The van der Waals surface area contributed by atoms with Crippen molar-refractivity contribution in [3.63, 3.8) is 0 Å². The average Bonchev–Trinajstić information content (AvgIpc) is 2.57. The van der Waals surface area contributed by atoms with Gasteiger partial charge in [0.1, 0.15) is 0 Å². The lowest BCUT2D eigenvalue weighted by Crippen LogP contribution is -2.17. The highest BCUT2D eigenvalue weighted by Crippen LogP contribution is 2.11. The van der Waals surface area contributed by atoms with Crippen LogP contribution in [0.25, 0.3) is 0 Å². The normalized spacial score (nSPS) is 12.1. The van der Waals surface area contributed by atoms with Gasteiger partial charge in [-0.05, 0) is 37.3 Å². The van der Waals surface area contributed by atoms with Gasteiger partial charge in [-0.1, -0.05) is 104 Å². The highest BCUT2D eigenvalue weighted by atomic mass is 14.8. The van der Waals surface area contributed by atoms with Gasteiger partial charge in [0, 0.05) is 6.54 Å². The van der Waals surface area contributed by atoms with Crippen molar-refractivity contribution in [1.29, 1.82) is 0 Å². The summed E-state index contributed by atoms with van der Waals surface area (Å²) in [6, 6.07) is 0. The lowest BCUT2D eigenvalue weighted by atomic mass is 10.1. The predicted octanol–water partition coefficient (Wildman–Crippen LogP) is 7.44. The van der Waals surface area contributed by atoms with Crippen molar-refractivity contribution in [3.05, 3.63) is 24.3 Å². The standard InChI is InChI=1S/C23H45N/c1-5-7-8-9-10-11-12-13-14-15-16-20-24-21-23(6-2)19-17-18-22(3)4/h6,19,22,24H,2,5,7-18,20-21H2,1,3-4H3/b23-19+. The molecule has 0 radical (unpaired) electrons. The molecule has 0 aliphatic rings. The third-order valence-corrected chi connectivity index (χ3v) is 4.70. The molecule has 1 heteroatoms. The van der Waals surface area contributed by atoms with Crippen LogP contribution in [0.15, 0.2) is 24.3 Å². The molecule has 0 aromatic rings. The zero-order chi connectivity index (χ0) is 17.9. The summed E-state index contributed by atoms with van der Waals surface area (Å²) in [7, 11) is 0. The maximum absolute atomic E-state index is 3.93. The topological polar surface area (TPSA) is 12.0 Å². The van der Waals surface area contributed by atoms with Gasteiger partial charge in [0.25, 0.3) is 0 Å². The molecule has 0 saturated carbocycles. The predicted molar refractivity (Wildman–Crippen MR) is 112 cm³/mol. The first-order valence-electron chi connectivity index (χ1n) is 10.7. The molecule has 0 amide bonds. The van der Waals surface area contributed by atoms with E-state index in [9.17, 15) is 0 Å². The molecule has 0 atom stereocenters. The third-order valence-electron chi connectivity index (χ3n) is 4.70. The van der Waals surface area contributed by atoms with E-state index in [0.717, 1.165) is 19.0 Å². The Kier molecular flexibility index (Phi) is 18.3. The van der Waals surface area contributed by atoms with Crippen molar-refractivity contribution in [2.75, 3.05) is 13.1 Å². The summed E-state index contributed by atoms with van der Waals surface area (Å²) >= 11 is 0. The SMILES string of the molecule is C=C/C(=C\CCC(C)C)CNCCCCCCCCCCCCC. The fourth-order valence-corrected chi connectivity index (χ4v) is 2.98. The summed E-state index contributed by atoms with van der Waals surface area (Å²) in [5.74, 6) is 0.789. The number of allylic oxidation sites excluding steroid dienone is 1. The molecule has 1 nitrogen and oxygen atoms in total. The lowest BCUT2D eigenvalue weighted by molar-refractivity contribution is 0.543. The molecule has 0 saturated heterocycles. The zero-order valence-corrected chi connectivity index (χ0v) is 17.0. The first-order valence-corrected chi connectivity index (χ1v) is 10.7. The molecule has 0 aliphatic heterocycles. The van der Waals surface area contributed by atoms with Gasteiger partial charge in [0.15, 0.2) is 0 Å². The lowest BCUT2D eigenvalue weighted by Gasteiger charge is -2.07. The van der Waals surface area contributed by atoms with E-state index in [4.69, 9.17) is 0 Å². The van der Waals surface area contributed by atoms with E-state index in [1.807, 2.05) is 6.08 Å². The van der Waals surface area contributed by atoms with Crippen LogP contribution in [0.3, 0.4) is 0 Å². The van der Waals surface area contributed by atoms with Gasteiger partial charge in [-0.2, -0.15) is 0 Å². The Morgan fingerprint density at radius 1 is 0.875 bits per heavy atom. The van der Waals surface area contributed by atoms with Crippen LogP contribution in [0.1, 0.15) is 104 Å². The minimum Gasteiger partial charge on any atom is -0.313 e. The van der Waals surface area contributed by atoms with E-state index >= 15 is 0 Å². The smallest absolute Gasteiger partial charge is 0.0202 e. The molecule has 0 rings (SSSR count). The molecule has 24 heavy (non-hydrogen) atoms. The summed E-state index contributed by atoms with van der Waals surface area (Å²) in [6.07, 6.45) is 22.4. The Balaban J connectivity index is 3.33. The molecule has 0 spiro atoms. The van der Waals surface area contributed by atoms with Gasteiger partial charge in [-0.15, -0.1) is 0 Å². The van der Waals surface area contributed by atoms with Crippen molar-refractivity contribution >= 4 is 0 Å². The largest absolute Gasteiger partial charge is 0.313 e. The van der Waals surface area contributed by atoms with Crippen LogP contribution in [0, 0.1) is 5.92 Å². The summed E-state index contributed by atoms with van der Waals surface area (Å²) in [4.78, 5) is 0. The van der Waals surface area contributed by atoms with Gasteiger partial charge in [0.05, 0.1) is 0 Å². The first kappa shape index (κ1) is 23.4. The molecular formula is C23H45N. The zero-order valence-electron chi connectivity index (χ0n) is 17.0. The van der Waals surface area contributed by atoms with E-state index in [1.54, 1.807) is 0 Å². The summed E-state index contributed by atoms with van der Waals surface area (Å²) in [6.45, 7) is 12.9. The number of unbranched alkanes of at least 4 members (excludes halogenated alkanes) is 10. The maximum atomic E-state index is 3.93. The van der Waals surface area contributed by atoms with Gasteiger partial charge >= 0.3 is 0 Å². The Morgan fingerprint density at radius 2 is 1.42 bits per heavy atom. The quantitative estimate of drug-likeness (QED) is 0.203. The van der Waals surface area contributed by atoms with Crippen molar-refractivity contribution < 1.29 is 0 Å². The van der Waals surface area contributed by atoms with E-state index in [0.29, 0.717) is 0 Å². The number of hydrogen-bond acceptors (Lipinski definition) is 1. The van der Waals surface area contributed by atoms with Crippen LogP contribution in [0.5, 0.6) is 0 Å². The first-order chi connectivity index (χ1) is 11.7. The van der Waals surface area contributed by atoms with E-state index in [2.05, 4.69) is 38.7 Å². The molecule has 0 aromatic heterocycles. The van der Waals surface area contributed by atoms with Crippen molar-refractivity contribution in [2.24, 2.45) is 5.92 Å². The molecule has 0 fully saturated rings. The van der Waals surface area contributed by atoms with Crippen LogP contribution in [0.4, 0.5) is 0 Å². The molecule has 0 bridgehead atoms. The highest BCUT2D eigenvalue weighted by molar-refractivity contribution is 5.17. The Hall–Kier alpha value is -0.560. The van der Waals surface area contributed by atoms with Gasteiger partial charge in [-0.3, -0.25) is 0 Å². The number of hydrogen-bond donors (Lipinski definition) is 1. The second-order valence-corrected chi connectivity index (χ2v) is 7.67. The van der Waals surface area contributed by atoms with Gasteiger partial charge in [0.2, 0.25) is 0 Å². The minimum atomic E-state index is 0.789. The Morgan fingerprint density at radius 3 is 1.92 bits per heavy atom. The maximum Gasteiger partial charge on any atom is 0.0202 e. The highest BCUT2D eigenvalue weighted by Gasteiger charge is 1.96. The minimum absolute atomic E-state index is 0.789. The van der Waals surface area contributed by atoms with Gasteiger partial charge in [-0.25, -0.2) is 0 Å². The Bertz CT molecular complexity index is 290. The van der Waals surface area contributed by atoms with E-state index in [1.165, 1.54) is 89.0 Å². The van der Waals surface area contributed by atoms with E-state index in [-0.39, 0.29) is 0 Å². The van der Waals surface area contributed by atoms with Crippen LogP contribution in [-0.2, 0) is 0 Å². The molecule has 142 valence electrons. The Labute approximate surface area is 153 Å². The molecular weight excluding hydrogens is 290 g/mol. The molecule has 0 heterocycles. The fourth-order valence-electron chi connectivity index (χ4n) is 2.98. The number of nitrogens with one attached hydrogen (secondary N) is 1. The third kappa shape index (κ3) is 17.8. The van der Waals surface area contributed by atoms with Crippen molar-refractivity contribution in [1.82, 2.24) is 5.32 Å². The summed E-state index contributed by atoms with van der Waals surface area (Å²) in [5, 5.41) is 3.57. The summed E-state index contributed by atoms with van der Waals surface area (Å²) < 4.78 is 0. The van der Waals surface area contributed by atoms with E-state index < -0.39 is 0 Å². The van der Waals surface area contributed by atoms with Crippen LogP contribution in [0.2, 0.25) is 0 Å². The average molecular weight is 336 g/mol. The second-order valence-electron chi connectivity index (χ2n) is 7.67. The van der Waals surface area contributed by atoms with Crippen LogP contribution in [-0.4, -0.2) is 13.1 Å². The van der Waals surface area contributed by atoms with Crippen molar-refractivity contribution in [2.45, 2.75) is 104 Å². The monoisotopic (exact) mass is 335 g/mol. The molecule has 0 aromatic carbocycles. The van der Waals surface area contributed by atoms with Crippen LogP contribution < -0.4 is 5.32 Å². The molecule has 0 unspecified atom stereocenters. The van der Waals surface area contributed by atoms with Crippen molar-refractivity contribution in [3.8, 4) is 0 Å². The van der Waals surface area contributed by atoms with Gasteiger partial charge < -0.3 is 5.32 Å². The second kappa shape index (κ2) is 18.8. The van der Waals surface area contributed by atoms with Crippen LogP contribution >= 0.6 is 0 Å². The molecule has 0 aliphatic carbocycles. The molecule has 1 N–H and O–H groups in total. The fraction of sp³-hybridized carbons (Fsp3) is 0.826. The summed E-state index contributed by atoms with van der Waals surface area (Å²) in [5.41, 5.74) is 1.36.